The standard InChI is InChI=1S/C20H25F3N6O2/c1-13-15(3-4-16-25-12-26-29(13)16)28-10-18(9-19(18,11-28)20(21,22)23)17(30)24-7-14-8-27(2)5-6-31-14/h3-4,12,14H,5-11H2,1-2H3,(H,24,30). The number of pyridine rings is 1. The maximum atomic E-state index is 14.2. The van der Waals surface area contributed by atoms with Crippen LogP contribution in [0.1, 0.15) is 12.1 Å². The predicted molar refractivity (Wildman–Crippen MR) is 106 cm³/mol. The molecule has 1 aliphatic carbocycles. The molecule has 1 saturated carbocycles. The fourth-order valence-corrected chi connectivity index (χ4v) is 5.30. The first kappa shape index (κ1) is 20.5. The van der Waals surface area contributed by atoms with Gasteiger partial charge in [0, 0.05) is 32.7 Å². The summed E-state index contributed by atoms with van der Waals surface area (Å²) in [6.07, 6.45) is -3.45. The van der Waals surface area contributed by atoms with Crippen molar-refractivity contribution in [2.24, 2.45) is 10.8 Å². The molecule has 4 heterocycles. The van der Waals surface area contributed by atoms with E-state index < -0.39 is 22.9 Å². The van der Waals surface area contributed by atoms with Crippen molar-refractivity contribution in [3.8, 4) is 0 Å². The van der Waals surface area contributed by atoms with Gasteiger partial charge < -0.3 is 19.9 Å². The molecule has 2 saturated heterocycles. The number of amides is 1. The summed E-state index contributed by atoms with van der Waals surface area (Å²) >= 11 is 0. The molecule has 0 aromatic carbocycles. The molecule has 5 rings (SSSR count). The van der Waals surface area contributed by atoms with E-state index in [9.17, 15) is 18.0 Å². The number of carbonyl (C=O) groups is 1. The fourth-order valence-electron chi connectivity index (χ4n) is 5.30. The van der Waals surface area contributed by atoms with Gasteiger partial charge in [0.2, 0.25) is 5.91 Å². The molecule has 3 aliphatic rings. The Kier molecular flexibility index (Phi) is 4.50. The molecule has 0 spiro atoms. The van der Waals surface area contributed by atoms with E-state index in [1.54, 1.807) is 28.5 Å². The number of hydrogen-bond donors (Lipinski definition) is 1. The summed E-state index contributed by atoms with van der Waals surface area (Å²) in [7, 11) is 1.95. The molecule has 11 heteroatoms. The Hall–Kier alpha value is -2.40. The average Bonchev–Trinajstić information content (AvgIpc) is 3.03. The summed E-state index contributed by atoms with van der Waals surface area (Å²) in [5.74, 6) is -0.538. The minimum atomic E-state index is -4.47. The molecule has 2 aromatic rings. The van der Waals surface area contributed by atoms with Crippen LogP contribution in [0.3, 0.4) is 0 Å². The second kappa shape index (κ2) is 6.80. The highest BCUT2D eigenvalue weighted by molar-refractivity contribution is 5.90. The van der Waals surface area contributed by atoms with Gasteiger partial charge in [0.15, 0.2) is 5.65 Å². The van der Waals surface area contributed by atoms with Crippen LogP contribution in [-0.2, 0) is 9.53 Å². The van der Waals surface area contributed by atoms with Gasteiger partial charge in [-0.2, -0.15) is 18.3 Å². The molecule has 2 aliphatic heterocycles. The van der Waals surface area contributed by atoms with E-state index in [-0.39, 0.29) is 32.2 Å². The van der Waals surface area contributed by atoms with Crippen molar-refractivity contribution in [2.45, 2.75) is 25.6 Å². The van der Waals surface area contributed by atoms with Crippen molar-refractivity contribution in [1.29, 1.82) is 0 Å². The van der Waals surface area contributed by atoms with Gasteiger partial charge in [0.05, 0.1) is 29.5 Å². The van der Waals surface area contributed by atoms with Crippen molar-refractivity contribution >= 4 is 17.2 Å². The number of aromatic nitrogens is 3. The Bertz CT molecular complexity index is 1030. The van der Waals surface area contributed by atoms with E-state index in [1.165, 1.54) is 6.33 Å². The maximum Gasteiger partial charge on any atom is 0.397 e. The quantitative estimate of drug-likeness (QED) is 0.775. The predicted octanol–water partition coefficient (Wildman–Crippen LogP) is 1.24. The van der Waals surface area contributed by atoms with E-state index >= 15 is 0 Å². The smallest absolute Gasteiger partial charge is 0.374 e. The van der Waals surface area contributed by atoms with Crippen LogP contribution in [0.4, 0.5) is 18.9 Å². The number of morpholine rings is 1. The number of likely N-dealkylation sites (N-methyl/N-ethyl adjacent to an activating group) is 1. The molecule has 31 heavy (non-hydrogen) atoms. The molecular weight excluding hydrogens is 413 g/mol. The molecule has 3 fully saturated rings. The molecule has 1 N–H and O–H groups in total. The number of carbonyl (C=O) groups excluding carboxylic acids is 1. The van der Waals surface area contributed by atoms with Gasteiger partial charge in [-0.25, -0.2) is 9.50 Å². The number of alkyl halides is 3. The van der Waals surface area contributed by atoms with E-state index in [0.717, 1.165) is 6.54 Å². The van der Waals surface area contributed by atoms with Crippen LogP contribution >= 0.6 is 0 Å². The van der Waals surface area contributed by atoms with Crippen LogP contribution in [0, 0.1) is 17.8 Å². The maximum absolute atomic E-state index is 14.2. The van der Waals surface area contributed by atoms with Gasteiger partial charge in [-0.1, -0.05) is 0 Å². The topological polar surface area (TPSA) is 75.0 Å². The van der Waals surface area contributed by atoms with Crippen LogP contribution < -0.4 is 10.2 Å². The minimum Gasteiger partial charge on any atom is -0.374 e. The lowest BCUT2D eigenvalue weighted by atomic mass is 9.94. The van der Waals surface area contributed by atoms with Gasteiger partial charge in [-0.3, -0.25) is 4.79 Å². The van der Waals surface area contributed by atoms with Gasteiger partial charge >= 0.3 is 6.18 Å². The monoisotopic (exact) mass is 438 g/mol. The van der Waals surface area contributed by atoms with Crippen LogP contribution in [0.5, 0.6) is 0 Å². The van der Waals surface area contributed by atoms with Crippen molar-refractivity contribution in [2.75, 3.05) is 51.3 Å². The molecule has 0 radical (unpaired) electrons. The molecule has 3 atom stereocenters. The van der Waals surface area contributed by atoms with Crippen molar-refractivity contribution in [3.05, 3.63) is 24.2 Å². The van der Waals surface area contributed by atoms with Crippen molar-refractivity contribution in [3.63, 3.8) is 0 Å². The largest absolute Gasteiger partial charge is 0.397 e. The molecule has 0 bridgehead atoms. The Morgan fingerprint density at radius 2 is 2.16 bits per heavy atom. The number of fused-ring (bicyclic) bond motifs is 2. The fraction of sp³-hybridized carbons (Fsp3) is 0.650. The number of nitrogens with zero attached hydrogens (tertiary/aromatic N) is 5. The number of hydrogen-bond acceptors (Lipinski definition) is 6. The molecule has 8 nitrogen and oxygen atoms in total. The lowest BCUT2D eigenvalue weighted by Crippen LogP contribution is -2.48. The number of rotatable bonds is 4. The zero-order valence-corrected chi connectivity index (χ0v) is 17.4. The normalized spacial score (nSPS) is 31.1. The summed E-state index contributed by atoms with van der Waals surface area (Å²) < 4.78 is 49.7. The van der Waals surface area contributed by atoms with Gasteiger partial charge in [0.25, 0.3) is 0 Å². The van der Waals surface area contributed by atoms with Crippen LogP contribution in [0.15, 0.2) is 18.5 Å². The first-order chi connectivity index (χ1) is 14.7. The molecule has 3 unspecified atom stereocenters. The van der Waals surface area contributed by atoms with Gasteiger partial charge in [-0.15, -0.1) is 0 Å². The molecular formula is C20H25F3N6O2. The Balaban J connectivity index is 1.38. The average molecular weight is 438 g/mol. The second-order valence-electron chi connectivity index (χ2n) is 8.99. The molecule has 2 aromatic heterocycles. The van der Waals surface area contributed by atoms with Crippen molar-refractivity contribution in [1.82, 2.24) is 24.8 Å². The van der Waals surface area contributed by atoms with Gasteiger partial charge in [0.1, 0.15) is 11.7 Å². The Morgan fingerprint density at radius 3 is 2.90 bits per heavy atom. The van der Waals surface area contributed by atoms with E-state index in [2.05, 4.69) is 20.3 Å². The first-order valence-corrected chi connectivity index (χ1v) is 10.4. The zero-order chi connectivity index (χ0) is 22.0. The minimum absolute atomic E-state index is 0.0187. The van der Waals surface area contributed by atoms with Crippen molar-refractivity contribution < 1.29 is 22.7 Å². The van der Waals surface area contributed by atoms with Crippen LogP contribution in [0.25, 0.3) is 5.65 Å². The summed E-state index contributed by atoms with van der Waals surface area (Å²) in [5, 5.41) is 6.91. The third-order valence-electron chi connectivity index (χ3n) is 7.12. The number of aryl methyl sites for hydroxylation is 1. The highest BCUT2D eigenvalue weighted by Gasteiger charge is 2.86. The number of piperidine rings is 1. The summed E-state index contributed by atoms with van der Waals surface area (Å²) in [6.45, 7) is 3.77. The zero-order valence-electron chi connectivity index (χ0n) is 17.4. The Labute approximate surface area is 177 Å². The number of halogens is 3. The molecule has 168 valence electrons. The highest BCUT2D eigenvalue weighted by Crippen LogP contribution is 2.75. The lowest BCUT2D eigenvalue weighted by Gasteiger charge is -2.30. The molecule has 1 amide bonds. The van der Waals surface area contributed by atoms with E-state index in [1.807, 2.05) is 7.05 Å². The highest BCUT2D eigenvalue weighted by atomic mass is 19.4. The third-order valence-corrected chi connectivity index (χ3v) is 7.12. The Morgan fingerprint density at radius 1 is 1.35 bits per heavy atom. The van der Waals surface area contributed by atoms with Gasteiger partial charge in [-0.05, 0) is 32.5 Å². The summed E-state index contributed by atoms with van der Waals surface area (Å²) in [4.78, 5) is 20.9. The number of nitrogens with one attached hydrogen (secondary N) is 1. The van der Waals surface area contributed by atoms with E-state index in [4.69, 9.17) is 4.74 Å². The third kappa shape index (κ3) is 3.00. The SMILES string of the molecule is Cc1c(N2CC3(C(=O)NCC4CN(C)CCO4)CC3(C(F)(F)F)C2)ccc2ncnn12. The van der Waals surface area contributed by atoms with Crippen LogP contribution in [-0.4, -0.2) is 84.1 Å². The van der Waals surface area contributed by atoms with E-state index in [0.29, 0.717) is 30.2 Å². The lowest BCUT2D eigenvalue weighted by molar-refractivity contribution is -0.191. The summed E-state index contributed by atoms with van der Waals surface area (Å²) in [6, 6.07) is 3.48. The summed E-state index contributed by atoms with van der Waals surface area (Å²) in [5.41, 5.74) is -1.55. The number of anilines is 1. The second-order valence-corrected chi connectivity index (χ2v) is 8.99. The van der Waals surface area contributed by atoms with Crippen LogP contribution in [0.2, 0.25) is 0 Å². The number of ether oxygens (including phenoxy) is 1. The first-order valence-electron chi connectivity index (χ1n) is 10.4.